The molecule has 1 N–H and O–H groups in total. The van der Waals surface area contributed by atoms with Gasteiger partial charge in [0, 0.05) is 12.2 Å². The average molecular weight is 368 g/mol. The number of carbonyl (C=O) groups excluding carboxylic acids is 1. The quantitative estimate of drug-likeness (QED) is 0.221. The van der Waals surface area contributed by atoms with E-state index in [2.05, 4.69) is 11.3 Å². The number of hydrogen-bond acceptors (Lipinski definition) is 7. The zero-order chi connectivity index (χ0) is 19.8. The number of ether oxygens (including phenoxy) is 3. The molecule has 0 aliphatic carbocycles. The van der Waals surface area contributed by atoms with Crippen LogP contribution in [0.15, 0.2) is 42.5 Å². The minimum absolute atomic E-state index is 0.0192. The van der Waals surface area contributed by atoms with Crippen LogP contribution in [0.4, 0.5) is 4.79 Å². The normalized spacial score (nSPS) is 13.5. The summed E-state index contributed by atoms with van der Waals surface area (Å²) in [5, 5.41) is 9.02. The lowest BCUT2D eigenvalue weighted by atomic mass is 9.99. The molecule has 0 heterocycles. The molecule has 0 amide bonds. The number of carbonyl (C=O) groups is 2. The number of rotatable bonds is 10. The third-order valence-electron chi connectivity index (χ3n) is 3.17. The third kappa shape index (κ3) is 6.47. The minimum atomic E-state index is -2.44. The van der Waals surface area contributed by atoms with Gasteiger partial charge < -0.3 is 19.3 Å². The first-order chi connectivity index (χ1) is 12.1. The monoisotopic (exact) mass is 368 g/mol. The fourth-order valence-corrected chi connectivity index (χ4v) is 1.78. The Hall–Kier alpha value is -2.42. The maximum atomic E-state index is 11.9. The minimum Gasteiger partial charge on any atom is -0.450 e. The van der Waals surface area contributed by atoms with Crippen molar-refractivity contribution < 1.29 is 38.7 Å². The first-order valence-electron chi connectivity index (χ1n) is 7.93. The first-order valence-corrected chi connectivity index (χ1v) is 7.93. The molecule has 1 aromatic carbocycles. The summed E-state index contributed by atoms with van der Waals surface area (Å²) in [5.41, 5.74) is -0.242. The molecule has 0 bridgehead atoms. The number of benzene rings is 1. The summed E-state index contributed by atoms with van der Waals surface area (Å²) in [4.78, 5) is 33.6. The molecule has 8 nitrogen and oxygen atoms in total. The lowest BCUT2D eigenvalue weighted by Gasteiger charge is -2.33. The van der Waals surface area contributed by atoms with Crippen molar-refractivity contribution in [3.63, 3.8) is 0 Å². The van der Waals surface area contributed by atoms with Gasteiger partial charge in [-0.2, -0.15) is 0 Å². The summed E-state index contributed by atoms with van der Waals surface area (Å²) in [5.74, 6) is -3.36. The van der Waals surface area contributed by atoms with E-state index in [1.54, 1.807) is 32.9 Å². The smallest absolute Gasteiger partial charge is 0.450 e. The Morgan fingerprint density at radius 1 is 1.12 bits per heavy atom. The van der Waals surface area contributed by atoms with Crippen LogP contribution in [0.3, 0.4) is 0 Å². The third-order valence-corrected chi connectivity index (χ3v) is 3.17. The van der Waals surface area contributed by atoms with Crippen molar-refractivity contribution in [1.82, 2.24) is 0 Å². The summed E-state index contributed by atoms with van der Waals surface area (Å²) < 4.78 is 14.8. The number of carboxylic acid groups (broad SMARTS) is 1. The lowest BCUT2D eigenvalue weighted by molar-refractivity contribution is -0.516. The van der Waals surface area contributed by atoms with E-state index >= 15 is 0 Å². The van der Waals surface area contributed by atoms with E-state index in [1.165, 1.54) is 6.92 Å². The SMILES string of the molecule is C=C(C)C(=O)OC(COCC)(OOC(C)(C)c1ccccc1)OC(=O)O. The highest BCUT2D eigenvalue weighted by Gasteiger charge is 2.45. The van der Waals surface area contributed by atoms with Crippen LogP contribution in [-0.4, -0.2) is 36.4 Å². The van der Waals surface area contributed by atoms with Crippen molar-refractivity contribution >= 4 is 12.1 Å². The molecule has 0 aliphatic heterocycles. The van der Waals surface area contributed by atoms with E-state index in [9.17, 15) is 9.59 Å². The summed E-state index contributed by atoms with van der Waals surface area (Å²) in [6, 6.07) is 9.05. The van der Waals surface area contributed by atoms with Gasteiger partial charge in [0.05, 0.1) is 0 Å². The van der Waals surface area contributed by atoms with Crippen LogP contribution in [0.5, 0.6) is 0 Å². The van der Waals surface area contributed by atoms with Crippen molar-refractivity contribution in [2.45, 2.75) is 39.3 Å². The molecule has 0 aliphatic rings. The topological polar surface area (TPSA) is 101 Å². The highest BCUT2D eigenvalue weighted by molar-refractivity contribution is 5.87. The Morgan fingerprint density at radius 2 is 1.73 bits per heavy atom. The highest BCUT2D eigenvalue weighted by Crippen LogP contribution is 2.29. The van der Waals surface area contributed by atoms with Gasteiger partial charge in [0.15, 0.2) is 6.61 Å². The maximum Gasteiger partial charge on any atom is 0.511 e. The van der Waals surface area contributed by atoms with Gasteiger partial charge in [-0.05, 0) is 33.3 Å². The second-order valence-electron chi connectivity index (χ2n) is 5.90. The molecule has 8 heteroatoms. The Morgan fingerprint density at radius 3 is 2.23 bits per heavy atom. The van der Waals surface area contributed by atoms with E-state index in [4.69, 9.17) is 24.4 Å². The van der Waals surface area contributed by atoms with E-state index in [0.29, 0.717) is 0 Å². The zero-order valence-corrected chi connectivity index (χ0v) is 15.3. The van der Waals surface area contributed by atoms with Crippen molar-refractivity contribution in [2.24, 2.45) is 0 Å². The zero-order valence-electron chi connectivity index (χ0n) is 15.3. The van der Waals surface area contributed by atoms with Crippen LogP contribution >= 0.6 is 0 Å². The number of hydrogen-bond donors (Lipinski definition) is 1. The fourth-order valence-electron chi connectivity index (χ4n) is 1.78. The largest absolute Gasteiger partial charge is 0.511 e. The highest BCUT2D eigenvalue weighted by atomic mass is 17.3. The molecule has 1 unspecified atom stereocenters. The van der Waals surface area contributed by atoms with Gasteiger partial charge in [-0.15, -0.1) is 4.89 Å². The standard InChI is InChI=1S/C18H24O8/c1-6-22-12-18(24-16(20)21,23-15(19)13(2)3)26-25-17(4,5)14-10-8-7-9-11-14/h7-11H,2,6,12H2,1,3-5H3,(H,20,21). The molecule has 144 valence electrons. The molecule has 1 rings (SSSR count). The van der Waals surface area contributed by atoms with Crippen molar-refractivity contribution in [3.8, 4) is 0 Å². The van der Waals surface area contributed by atoms with Gasteiger partial charge in [0.25, 0.3) is 0 Å². The molecule has 1 atom stereocenters. The van der Waals surface area contributed by atoms with Crippen molar-refractivity contribution in [1.29, 1.82) is 0 Å². The molecule has 0 fully saturated rings. The molecule has 0 radical (unpaired) electrons. The van der Waals surface area contributed by atoms with E-state index in [-0.39, 0.29) is 12.2 Å². The predicted molar refractivity (Wildman–Crippen MR) is 90.9 cm³/mol. The molecule has 0 saturated heterocycles. The molecule has 0 aromatic heterocycles. The molecular weight excluding hydrogens is 344 g/mol. The second-order valence-corrected chi connectivity index (χ2v) is 5.90. The van der Waals surface area contributed by atoms with Gasteiger partial charge in [-0.25, -0.2) is 14.5 Å². The Labute approximate surface area is 152 Å². The van der Waals surface area contributed by atoms with Crippen molar-refractivity contribution in [2.75, 3.05) is 13.2 Å². The number of esters is 1. The van der Waals surface area contributed by atoms with Crippen LogP contribution in [0.2, 0.25) is 0 Å². The van der Waals surface area contributed by atoms with E-state index in [0.717, 1.165) is 5.56 Å². The van der Waals surface area contributed by atoms with Gasteiger partial charge in [-0.1, -0.05) is 36.9 Å². The van der Waals surface area contributed by atoms with Crippen molar-refractivity contribution in [3.05, 3.63) is 48.0 Å². The molecule has 1 aromatic rings. The Bertz CT molecular complexity index is 625. The second kappa shape index (κ2) is 9.33. The van der Waals surface area contributed by atoms with Gasteiger partial charge in [-0.3, -0.25) is 0 Å². The van der Waals surface area contributed by atoms with Crippen LogP contribution < -0.4 is 0 Å². The van der Waals surface area contributed by atoms with Gasteiger partial charge in [0.1, 0.15) is 5.60 Å². The van der Waals surface area contributed by atoms with E-state index in [1.807, 2.05) is 18.2 Å². The van der Waals surface area contributed by atoms with Crippen LogP contribution in [0.25, 0.3) is 0 Å². The Kier molecular flexibility index (Phi) is 7.76. The molecule has 0 saturated carbocycles. The van der Waals surface area contributed by atoms with Crippen LogP contribution in [-0.2, 0) is 34.4 Å². The summed E-state index contributed by atoms with van der Waals surface area (Å²) in [6.07, 6.45) is -1.74. The average Bonchev–Trinajstić information content (AvgIpc) is 2.58. The van der Waals surface area contributed by atoms with Crippen LogP contribution in [0, 0.1) is 0 Å². The summed E-state index contributed by atoms with van der Waals surface area (Å²) in [6.45, 7) is 9.55. The predicted octanol–water partition coefficient (Wildman–Crippen LogP) is 3.37. The summed E-state index contributed by atoms with van der Waals surface area (Å²) >= 11 is 0. The molecular formula is C18H24O8. The summed E-state index contributed by atoms with van der Waals surface area (Å²) in [7, 11) is 0. The lowest BCUT2D eigenvalue weighted by Crippen LogP contribution is -2.48. The van der Waals surface area contributed by atoms with Gasteiger partial charge >= 0.3 is 18.1 Å². The van der Waals surface area contributed by atoms with Crippen LogP contribution in [0.1, 0.15) is 33.3 Å². The molecule has 0 spiro atoms. The fraction of sp³-hybridized carbons (Fsp3) is 0.444. The first kappa shape index (κ1) is 21.6. The Balaban J connectivity index is 3.06. The maximum absolute atomic E-state index is 11.9. The van der Waals surface area contributed by atoms with Gasteiger partial charge in [0.2, 0.25) is 0 Å². The van der Waals surface area contributed by atoms with E-state index < -0.39 is 30.3 Å². The molecule has 26 heavy (non-hydrogen) atoms.